The van der Waals surface area contributed by atoms with Gasteiger partial charge in [0.05, 0.1) is 5.37 Å². The standard InChI is InChI=1S/C14H23N3O3S/c1-10-17(12(9-21-10)13(18)19)14(20)16-7-3-6-15-5-2-4-11(15)8-16/h10-12H,2-9H2,1H3,(H,18,19). The van der Waals surface area contributed by atoms with Gasteiger partial charge in [-0.05, 0) is 32.7 Å². The van der Waals surface area contributed by atoms with Gasteiger partial charge in [-0.2, -0.15) is 0 Å². The third-order valence-electron chi connectivity index (χ3n) is 4.80. The summed E-state index contributed by atoms with van der Waals surface area (Å²) in [5.41, 5.74) is 0. The molecule has 1 N–H and O–H groups in total. The van der Waals surface area contributed by atoms with Crippen LogP contribution in [-0.2, 0) is 4.79 Å². The minimum Gasteiger partial charge on any atom is -0.480 e. The Labute approximate surface area is 129 Å². The zero-order chi connectivity index (χ0) is 15.0. The molecule has 3 heterocycles. The van der Waals surface area contributed by atoms with Crippen LogP contribution in [0, 0.1) is 0 Å². The van der Waals surface area contributed by atoms with Gasteiger partial charge in [0.25, 0.3) is 0 Å². The second kappa shape index (κ2) is 6.04. The van der Waals surface area contributed by atoms with Crippen molar-refractivity contribution in [2.45, 2.75) is 43.6 Å². The lowest BCUT2D eigenvalue weighted by Gasteiger charge is -2.33. The Morgan fingerprint density at radius 2 is 1.95 bits per heavy atom. The Morgan fingerprint density at radius 1 is 1.19 bits per heavy atom. The molecule has 0 bridgehead atoms. The summed E-state index contributed by atoms with van der Waals surface area (Å²) in [7, 11) is 0. The molecule has 7 heteroatoms. The minimum atomic E-state index is -0.891. The van der Waals surface area contributed by atoms with Crippen molar-refractivity contribution in [3.05, 3.63) is 0 Å². The van der Waals surface area contributed by atoms with E-state index in [0.717, 1.165) is 39.0 Å². The van der Waals surface area contributed by atoms with Crippen LogP contribution in [0.2, 0.25) is 0 Å². The second-order valence-electron chi connectivity index (χ2n) is 6.11. The monoisotopic (exact) mass is 313 g/mol. The number of aliphatic carboxylic acids is 1. The topological polar surface area (TPSA) is 64.1 Å². The molecular formula is C14H23N3O3S. The van der Waals surface area contributed by atoms with Crippen molar-refractivity contribution in [1.29, 1.82) is 0 Å². The molecule has 3 unspecified atom stereocenters. The summed E-state index contributed by atoms with van der Waals surface area (Å²) in [6, 6.07) is -0.306. The Bertz CT molecular complexity index is 434. The van der Waals surface area contributed by atoms with Crippen LogP contribution in [0.1, 0.15) is 26.2 Å². The number of nitrogens with zero attached hydrogens (tertiary/aromatic N) is 3. The lowest BCUT2D eigenvalue weighted by molar-refractivity contribution is -0.141. The van der Waals surface area contributed by atoms with E-state index in [0.29, 0.717) is 11.8 Å². The van der Waals surface area contributed by atoms with Crippen LogP contribution >= 0.6 is 11.8 Å². The maximum Gasteiger partial charge on any atom is 0.327 e. The molecule has 21 heavy (non-hydrogen) atoms. The highest BCUT2D eigenvalue weighted by Crippen LogP contribution is 2.31. The van der Waals surface area contributed by atoms with Gasteiger partial charge in [0, 0.05) is 31.4 Å². The molecule has 0 radical (unpaired) electrons. The van der Waals surface area contributed by atoms with Crippen LogP contribution in [0.3, 0.4) is 0 Å². The number of carboxylic acids is 1. The number of amides is 2. The normalized spacial score (nSPS) is 33.9. The maximum atomic E-state index is 12.8. The molecule has 118 valence electrons. The van der Waals surface area contributed by atoms with E-state index in [2.05, 4.69) is 4.90 Å². The number of carbonyl (C=O) groups excluding carboxylic acids is 1. The Kier molecular flexibility index (Phi) is 4.31. The molecule has 0 saturated carbocycles. The highest BCUT2D eigenvalue weighted by molar-refractivity contribution is 8.00. The third kappa shape index (κ3) is 2.85. The highest BCUT2D eigenvalue weighted by atomic mass is 32.2. The van der Waals surface area contributed by atoms with Gasteiger partial charge in [-0.25, -0.2) is 9.59 Å². The maximum absolute atomic E-state index is 12.8. The van der Waals surface area contributed by atoms with Crippen LogP contribution in [-0.4, -0.2) is 81.2 Å². The molecule has 0 aromatic heterocycles. The van der Waals surface area contributed by atoms with Crippen molar-refractivity contribution in [1.82, 2.24) is 14.7 Å². The van der Waals surface area contributed by atoms with Gasteiger partial charge < -0.3 is 10.0 Å². The molecule has 0 aromatic rings. The first-order chi connectivity index (χ1) is 10.1. The van der Waals surface area contributed by atoms with Gasteiger partial charge in [0.2, 0.25) is 0 Å². The van der Waals surface area contributed by atoms with Crippen molar-refractivity contribution in [2.75, 3.05) is 31.9 Å². The largest absolute Gasteiger partial charge is 0.480 e. The lowest BCUT2D eigenvalue weighted by atomic mass is 10.2. The van der Waals surface area contributed by atoms with Crippen molar-refractivity contribution in [3.8, 4) is 0 Å². The fourth-order valence-corrected chi connectivity index (χ4v) is 4.83. The van der Waals surface area contributed by atoms with Crippen LogP contribution in [0.25, 0.3) is 0 Å². The summed E-state index contributed by atoms with van der Waals surface area (Å²) in [5.74, 6) is -0.399. The molecule has 0 aliphatic carbocycles. The summed E-state index contributed by atoms with van der Waals surface area (Å²) in [6.45, 7) is 5.61. The molecule has 0 spiro atoms. The molecule has 3 aliphatic rings. The Balaban J connectivity index is 1.72. The van der Waals surface area contributed by atoms with E-state index in [9.17, 15) is 14.7 Å². The van der Waals surface area contributed by atoms with E-state index in [1.807, 2.05) is 11.8 Å². The quantitative estimate of drug-likeness (QED) is 0.786. The molecule has 3 fully saturated rings. The van der Waals surface area contributed by atoms with Gasteiger partial charge in [-0.15, -0.1) is 11.8 Å². The summed E-state index contributed by atoms with van der Waals surface area (Å²) >= 11 is 1.55. The van der Waals surface area contributed by atoms with E-state index in [1.54, 1.807) is 16.7 Å². The predicted octanol–water partition coefficient (Wildman–Crippen LogP) is 1.12. The molecule has 3 aliphatic heterocycles. The zero-order valence-electron chi connectivity index (χ0n) is 12.4. The van der Waals surface area contributed by atoms with E-state index in [-0.39, 0.29) is 11.4 Å². The average molecular weight is 313 g/mol. The summed E-state index contributed by atoms with van der Waals surface area (Å²) in [4.78, 5) is 30.1. The molecule has 2 amide bonds. The van der Waals surface area contributed by atoms with Gasteiger partial charge in [-0.1, -0.05) is 0 Å². The SMILES string of the molecule is CC1SCC(C(=O)O)N1C(=O)N1CCCN2CCCC2C1. The van der Waals surface area contributed by atoms with E-state index in [1.165, 1.54) is 6.42 Å². The molecule has 3 rings (SSSR count). The Hall–Kier alpha value is -0.950. The number of hydrogen-bond acceptors (Lipinski definition) is 4. The molecule has 0 aromatic carbocycles. The van der Waals surface area contributed by atoms with Crippen LogP contribution in [0.15, 0.2) is 0 Å². The van der Waals surface area contributed by atoms with Crippen LogP contribution < -0.4 is 0 Å². The average Bonchev–Trinajstić information content (AvgIpc) is 2.99. The number of carboxylic acid groups (broad SMARTS) is 1. The number of fused-ring (bicyclic) bond motifs is 1. The van der Waals surface area contributed by atoms with Crippen LogP contribution in [0.4, 0.5) is 4.79 Å². The van der Waals surface area contributed by atoms with Crippen molar-refractivity contribution in [2.24, 2.45) is 0 Å². The van der Waals surface area contributed by atoms with Gasteiger partial charge in [0.1, 0.15) is 6.04 Å². The third-order valence-corrected chi connectivity index (χ3v) is 6.02. The molecular weight excluding hydrogens is 290 g/mol. The first-order valence-corrected chi connectivity index (χ1v) is 8.78. The molecule has 3 saturated heterocycles. The fourth-order valence-electron chi connectivity index (χ4n) is 3.67. The first-order valence-electron chi connectivity index (χ1n) is 7.73. The minimum absolute atomic E-state index is 0.0541. The summed E-state index contributed by atoms with van der Waals surface area (Å²) < 4.78 is 0. The summed E-state index contributed by atoms with van der Waals surface area (Å²) in [5, 5.41) is 9.27. The van der Waals surface area contributed by atoms with Gasteiger partial charge >= 0.3 is 12.0 Å². The molecule has 3 atom stereocenters. The van der Waals surface area contributed by atoms with Gasteiger partial charge in [-0.3, -0.25) is 9.80 Å². The first kappa shape index (κ1) is 15.0. The highest BCUT2D eigenvalue weighted by Gasteiger charge is 2.42. The number of hydrogen-bond donors (Lipinski definition) is 1. The second-order valence-corrected chi connectivity index (χ2v) is 7.46. The number of carbonyl (C=O) groups is 2. The predicted molar refractivity (Wildman–Crippen MR) is 81.4 cm³/mol. The number of urea groups is 1. The van der Waals surface area contributed by atoms with E-state index in [4.69, 9.17) is 0 Å². The van der Waals surface area contributed by atoms with Crippen molar-refractivity contribution >= 4 is 23.8 Å². The number of rotatable bonds is 1. The lowest BCUT2D eigenvalue weighted by Crippen LogP contribution is -2.52. The van der Waals surface area contributed by atoms with Crippen LogP contribution in [0.5, 0.6) is 0 Å². The Morgan fingerprint density at radius 3 is 2.71 bits per heavy atom. The van der Waals surface area contributed by atoms with E-state index < -0.39 is 12.0 Å². The molecule has 6 nitrogen and oxygen atoms in total. The number of thioether (sulfide) groups is 1. The van der Waals surface area contributed by atoms with Crippen molar-refractivity contribution in [3.63, 3.8) is 0 Å². The zero-order valence-corrected chi connectivity index (χ0v) is 13.2. The van der Waals surface area contributed by atoms with E-state index >= 15 is 0 Å². The fraction of sp³-hybridized carbons (Fsp3) is 0.857. The summed E-state index contributed by atoms with van der Waals surface area (Å²) in [6.07, 6.45) is 3.34. The van der Waals surface area contributed by atoms with Crippen molar-refractivity contribution < 1.29 is 14.7 Å². The smallest absolute Gasteiger partial charge is 0.327 e. The van der Waals surface area contributed by atoms with Gasteiger partial charge in [0.15, 0.2) is 0 Å².